The number of halogens is 3. The minimum atomic E-state index is -4.70. The first-order valence-corrected chi connectivity index (χ1v) is 12.4. The van der Waals surface area contributed by atoms with Gasteiger partial charge in [0.1, 0.15) is 10.6 Å². The molecule has 0 heterocycles. The van der Waals surface area contributed by atoms with Crippen LogP contribution in [-0.2, 0) is 27.6 Å². The molecule has 0 radical (unpaired) electrons. The molecule has 2 aromatic rings. The summed E-state index contributed by atoms with van der Waals surface area (Å²) in [5.74, 6) is -0.0397. The van der Waals surface area contributed by atoms with Gasteiger partial charge in [0.2, 0.25) is 5.91 Å². The second kappa shape index (κ2) is 11.1. The molecule has 0 aliphatic rings. The highest BCUT2D eigenvalue weighted by atomic mass is 32.2. The Morgan fingerprint density at radius 2 is 1.71 bits per heavy atom. The first-order valence-electron chi connectivity index (χ1n) is 11.0. The number of hydrogen-bond acceptors (Lipinski definition) is 5. The predicted octanol–water partition coefficient (Wildman–Crippen LogP) is 5.32. The van der Waals surface area contributed by atoms with Crippen LogP contribution in [-0.4, -0.2) is 38.9 Å². The Hall–Kier alpha value is -2.75. The van der Waals surface area contributed by atoms with Crippen LogP contribution >= 0.6 is 0 Å². The molecule has 2 aromatic carbocycles. The summed E-state index contributed by atoms with van der Waals surface area (Å²) in [6.45, 7) is 11.1. The number of alkyl halides is 3. The number of nitrogens with zero attached hydrogens (tertiary/aromatic N) is 2. The van der Waals surface area contributed by atoms with E-state index in [-0.39, 0.29) is 24.1 Å². The van der Waals surface area contributed by atoms with Gasteiger partial charge in [-0.2, -0.15) is 21.6 Å². The van der Waals surface area contributed by atoms with E-state index in [1.807, 2.05) is 32.6 Å². The summed E-state index contributed by atoms with van der Waals surface area (Å²) < 4.78 is 70.7. The van der Waals surface area contributed by atoms with E-state index in [2.05, 4.69) is 0 Å². The minimum Gasteiger partial charge on any atom is -0.379 e. The van der Waals surface area contributed by atoms with E-state index in [0.717, 1.165) is 18.2 Å². The topological polar surface area (TPSA) is 66.9 Å². The van der Waals surface area contributed by atoms with Crippen LogP contribution in [0, 0.1) is 5.92 Å². The molecule has 0 unspecified atom stereocenters. The third kappa shape index (κ3) is 7.12. The lowest BCUT2D eigenvalue weighted by atomic mass is 10.1. The Kier molecular flexibility index (Phi) is 8.99. The summed E-state index contributed by atoms with van der Waals surface area (Å²) in [6.07, 6.45) is -4.70. The Balaban J connectivity index is 2.53. The first kappa shape index (κ1) is 27.5. The van der Waals surface area contributed by atoms with Gasteiger partial charge < -0.3 is 14.0 Å². The van der Waals surface area contributed by atoms with Gasteiger partial charge in [0.05, 0.1) is 5.56 Å². The average molecular weight is 501 g/mol. The summed E-state index contributed by atoms with van der Waals surface area (Å²) in [5, 5.41) is 0. The molecule has 2 rings (SSSR count). The molecule has 34 heavy (non-hydrogen) atoms. The van der Waals surface area contributed by atoms with Gasteiger partial charge in [0.25, 0.3) is 0 Å². The molecule has 0 saturated heterocycles. The molecule has 0 aliphatic carbocycles. The summed E-state index contributed by atoms with van der Waals surface area (Å²) in [4.78, 5) is 15.1. The Bertz CT molecular complexity index is 1100. The number of rotatable bonds is 10. The Morgan fingerprint density at radius 1 is 1.06 bits per heavy atom. The van der Waals surface area contributed by atoms with Crippen LogP contribution in [0.2, 0.25) is 0 Å². The lowest BCUT2D eigenvalue weighted by Gasteiger charge is -2.26. The summed E-state index contributed by atoms with van der Waals surface area (Å²) in [7, 11) is -4.58. The van der Waals surface area contributed by atoms with E-state index in [9.17, 15) is 26.4 Å². The van der Waals surface area contributed by atoms with Crippen molar-refractivity contribution in [1.82, 2.24) is 4.90 Å². The zero-order chi connectivity index (χ0) is 25.7. The van der Waals surface area contributed by atoms with Crippen LogP contribution in [0.3, 0.4) is 0 Å². The second-order valence-corrected chi connectivity index (χ2v) is 9.87. The minimum absolute atomic E-state index is 0.0307. The molecule has 0 bridgehead atoms. The van der Waals surface area contributed by atoms with Crippen molar-refractivity contribution in [3.05, 3.63) is 53.6 Å². The molecular formula is C24H31F3N2O4S. The number of anilines is 1. The smallest absolute Gasteiger partial charge is 0.379 e. The van der Waals surface area contributed by atoms with Crippen LogP contribution < -0.4 is 9.08 Å². The fraction of sp³-hybridized carbons (Fsp3) is 0.458. The maximum atomic E-state index is 13.1. The van der Waals surface area contributed by atoms with E-state index < -0.39 is 26.8 Å². The fourth-order valence-corrected chi connectivity index (χ4v) is 4.49. The molecular weight excluding hydrogens is 469 g/mol. The van der Waals surface area contributed by atoms with E-state index in [1.54, 1.807) is 23.1 Å². The molecule has 6 nitrogen and oxygen atoms in total. The summed E-state index contributed by atoms with van der Waals surface area (Å²) in [5.41, 5.74) is 0.0394. The number of hydrogen-bond donors (Lipinski definition) is 0. The standard InChI is InChI=1S/C24H31F3N2O4S/c1-6-28(7-2)21-12-11-19(16-29(18(5)30)15-17(3)4)23(14-21)33-34(31,32)22-10-8-9-20(13-22)24(25,26)27/h8-14,17H,6-7,15-16H2,1-5H3. The van der Waals surface area contributed by atoms with Crippen LogP contribution in [0.1, 0.15) is 45.7 Å². The van der Waals surface area contributed by atoms with Crippen molar-refractivity contribution < 1.29 is 30.6 Å². The summed E-state index contributed by atoms with van der Waals surface area (Å²) >= 11 is 0. The molecule has 0 atom stereocenters. The van der Waals surface area contributed by atoms with Crippen LogP contribution in [0.15, 0.2) is 47.4 Å². The van der Waals surface area contributed by atoms with E-state index in [4.69, 9.17) is 4.18 Å². The molecule has 0 saturated carbocycles. The van der Waals surface area contributed by atoms with Crippen molar-refractivity contribution in [3.63, 3.8) is 0 Å². The van der Waals surface area contributed by atoms with Crippen LogP contribution in [0.25, 0.3) is 0 Å². The SMILES string of the molecule is CCN(CC)c1ccc(CN(CC(C)C)C(C)=O)c(OS(=O)(=O)c2cccc(C(F)(F)F)c2)c1. The van der Waals surface area contributed by atoms with Crippen LogP contribution in [0.4, 0.5) is 18.9 Å². The van der Waals surface area contributed by atoms with E-state index >= 15 is 0 Å². The van der Waals surface area contributed by atoms with E-state index in [1.165, 1.54) is 6.92 Å². The summed E-state index contributed by atoms with van der Waals surface area (Å²) in [6, 6.07) is 8.44. The second-order valence-electron chi connectivity index (χ2n) is 8.32. The quantitative estimate of drug-likeness (QED) is 0.413. The van der Waals surface area contributed by atoms with Gasteiger partial charge in [-0.15, -0.1) is 0 Å². The number of carbonyl (C=O) groups is 1. The zero-order valence-corrected chi connectivity index (χ0v) is 20.8. The van der Waals surface area contributed by atoms with Gasteiger partial charge in [-0.3, -0.25) is 4.79 Å². The predicted molar refractivity (Wildman–Crippen MR) is 125 cm³/mol. The first-order chi connectivity index (χ1) is 15.8. The van der Waals surface area contributed by atoms with Crippen molar-refractivity contribution in [2.45, 2.75) is 52.2 Å². The zero-order valence-electron chi connectivity index (χ0n) is 20.0. The molecule has 0 spiro atoms. The highest BCUT2D eigenvalue weighted by molar-refractivity contribution is 7.87. The lowest BCUT2D eigenvalue weighted by molar-refractivity contribution is -0.137. The van der Waals surface area contributed by atoms with Crippen molar-refractivity contribution >= 4 is 21.7 Å². The maximum Gasteiger partial charge on any atom is 0.416 e. The fourth-order valence-electron chi connectivity index (χ4n) is 3.48. The normalized spacial score (nSPS) is 12.0. The van der Waals surface area contributed by atoms with Crippen molar-refractivity contribution in [2.75, 3.05) is 24.5 Å². The van der Waals surface area contributed by atoms with Gasteiger partial charge in [-0.25, -0.2) is 0 Å². The average Bonchev–Trinajstić information content (AvgIpc) is 2.74. The number of benzene rings is 2. The van der Waals surface area contributed by atoms with Gasteiger partial charge in [-0.1, -0.05) is 26.0 Å². The third-order valence-electron chi connectivity index (χ3n) is 5.22. The van der Waals surface area contributed by atoms with Crippen molar-refractivity contribution in [3.8, 4) is 5.75 Å². The maximum absolute atomic E-state index is 13.1. The van der Waals surface area contributed by atoms with Gasteiger partial charge in [0.15, 0.2) is 0 Å². The highest BCUT2D eigenvalue weighted by Gasteiger charge is 2.32. The Morgan fingerprint density at radius 3 is 2.24 bits per heavy atom. The Labute approximate surface area is 199 Å². The lowest BCUT2D eigenvalue weighted by Crippen LogP contribution is -2.32. The highest BCUT2D eigenvalue weighted by Crippen LogP contribution is 2.33. The molecule has 0 fully saturated rings. The van der Waals surface area contributed by atoms with Gasteiger partial charge in [0, 0.05) is 50.4 Å². The molecule has 10 heteroatoms. The molecule has 0 aliphatic heterocycles. The van der Waals surface area contributed by atoms with Gasteiger partial charge in [-0.05, 0) is 44.0 Å². The molecule has 188 valence electrons. The molecule has 0 N–H and O–H groups in total. The largest absolute Gasteiger partial charge is 0.416 e. The van der Waals surface area contributed by atoms with E-state index in [0.29, 0.717) is 37.0 Å². The number of amides is 1. The van der Waals surface area contributed by atoms with Crippen molar-refractivity contribution in [2.24, 2.45) is 5.92 Å². The van der Waals surface area contributed by atoms with Gasteiger partial charge >= 0.3 is 16.3 Å². The monoisotopic (exact) mass is 500 g/mol. The van der Waals surface area contributed by atoms with Crippen LogP contribution in [0.5, 0.6) is 5.75 Å². The molecule has 0 aromatic heterocycles. The molecule has 1 amide bonds. The van der Waals surface area contributed by atoms with Crippen molar-refractivity contribution in [1.29, 1.82) is 0 Å². The third-order valence-corrected chi connectivity index (χ3v) is 6.45. The number of carbonyl (C=O) groups excluding carboxylic acids is 1.